The first-order chi connectivity index (χ1) is 17.5. The van der Waals surface area contributed by atoms with Gasteiger partial charge in [-0.2, -0.15) is 4.98 Å². The second kappa shape index (κ2) is 10.5. The van der Waals surface area contributed by atoms with E-state index in [9.17, 15) is 13.6 Å². The van der Waals surface area contributed by atoms with Gasteiger partial charge < -0.3 is 19.2 Å². The Morgan fingerprint density at radius 1 is 1.19 bits per heavy atom. The van der Waals surface area contributed by atoms with E-state index in [0.717, 1.165) is 17.8 Å². The highest BCUT2D eigenvalue weighted by molar-refractivity contribution is 7.10. The fraction of sp³-hybridized carbons (Fsp3) is 0.375. The Balaban J connectivity index is 1.13. The van der Waals surface area contributed by atoms with Gasteiger partial charge in [0.05, 0.1) is 23.4 Å². The first kappa shape index (κ1) is 24.0. The molecule has 1 fully saturated rings. The molecule has 0 bridgehead atoms. The SMILES string of the molecule is COc1ccnc(OCC(=O)N2CCC(c3nc(C4=NOC(c5c(F)cccc5F)C4)cs3)CC2)n1. The molecular weight excluding hydrogens is 492 g/mol. The second-order valence-corrected chi connectivity index (χ2v) is 9.26. The summed E-state index contributed by atoms with van der Waals surface area (Å²) in [6.45, 7) is 1.02. The van der Waals surface area contributed by atoms with E-state index >= 15 is 0 Å². The predicted octanol–water partition coefficient (Wildman–Crippen LogP) is 3.87. The van der Waals surface area contributed by atoms with E-state index in [-0.39, 0.29) is 36.4 Å². The van der Waals surface area contributed by atoms with E-state index in [1.54, 1.807) is 11.0 Å². The number of ether oxygens (including phenoxy) is 2. The third-order valence-electron chi connectivity index (χ3n) is 6.15. The molecule has 0 saturated carbocycles. The summed E-state index contributed by atoms with van der Waals surface area (Å²) < 4.78 is 38.6. The first-order valence-electron chi connectivity index (χ1n) is 11.4. The van der Waals surface area contributed by atoms with Crippen molar-refractivity contribution in [2.45, 2.75) is 31.3 Å². The van der Waals surface area contributed by atoms with Crippen LogP contribution in [-0.2, 0) is 9.63 Å². The number of hydrogen-bond donors (Lipinski definition) is 0. The summed E-state index contributed by atoms with van der Waals surface area (Å²) in [5.41, 5.74) is 1.10. The molecule has 0 aliphatic carbocycles. The van der Waals surface area contributed by atoms with E-state index in [2.05, 4.69) is 15.1 Å². The molecule has 2 aromatic heterocycles. The number of methoxy groups -OCH3 is 1. The summed E-state index contributed by atoms with van der Waals surface area (Å²) >= 11 is 1.51. The van der Waals surface area contributed by atoms with Crippen LogP contribution >= 0.6 is 11.3 Å². The van der Waals surface area contributed by atoms with Crippen molar-refractivity contribution in [1.29, 1.82) is 0 Å². The molecule has 3 aromatic rings. The maximum atomic E-state index is 14.1. The molecule has 1 atom stereocenters. The van der Waals surface area contributed by atoms with Gasteiger partial charge >= 0.3 is 6.01 Å². The van der Waals surface area contributed by atoms with E-state index < -0.39 is 17.7 Å². The summed E-state index contributed by atoms with van der Waals surface area (Å²) in [4.78, 5) is 32.4. The first-order valence-corrected chi connectivity index (χ1v) is 12.3. The van der Waals surface area contributed by atoms with Gasteiger partial charge in [0.2, 0.25) is 5.88 Å². The van der Waals surface area contributed by atoms with E-state index in [1.165, 1.54) is 42.8 Å². The summed E-state index contributed by atoms with van der Waals surface area (Å²) in [6, 6.07) is 5.41. The average molecular weight is 516 g/mol. The van der Waals surface area contributed by atoms with Gasteiger partial charge in [0, 0.05) is 43.1 Å². The van der Waals surface area contributed by atoms with Crippen LogP contribution in [0.5, 0.6) is 11.9 Å². The number of carbonyl (C=O) groups excluding carboxylic acids is 1. The molecule has 1 unspecified atom stereocenters. The van der Waals surface area contributed by atoms with Crippen molar-refractivity contribution in [2.24, 2.45) is 5.16 Å². The minimum absolute atomic E-state index is 0.0895. The van der Waals surface area contributed by atoms with Crippen LogP contribution in [0.1, 0.15) is 47.5 Å². The van der Waals surface area contributed by atoms with Crippen molar-refractivity contribution in [2.75, 3.05) is 26.8 Å². The number of aromatic nitrogens is 3. The summed E-state index contributed by atoms with van der Waals surface area (Å²) in [5.74, 6) is -0.876. The molecule has 0 spiro atoms. The maximum absolute atomic E-state index is 14.1. The van der Waals surface area contributed by atoms with E-state index in [0.29, 0.717) is 30.4 Å². The fourth-order valence-corrected chi connectivity index (χ4v) is 5.21. The van der Waals surface area contributed by atoms with Crippen molar-refractivity contribution < 1.29 is 27.9 Å². The Bertz CT molecular complexity index is 1260. The van der Waals surface area contributed by atoms with Crippen molar-refractivity contribution in [1.82, 2.24) is 19.9 Å². The number of oxime groups is 1. The lowest BCUT2D eigenvalue weighted by atomic mass is 9.97. The smallest absolute Gasteiger partial charge is 0.320 e. The van der Waals surface area contributed by atoms with Crippen LogP contribution in [0.3, 0.4) is 0 Å². The predicted molar refractivity (Wildman–Crippen MR) is 126 cm³/mol. The Morgan fingerprint density at radius 2 is 1.97 bits per heavy atom. The molecule has 0 N–H and O–H groups in total. The van der Waals surface area contributed by atoms with E-state index in [4.69, 9.17) is 19.3 Å². The number of amides is 1. The quantitative estimate of drug-likeness (QED) is 0.471. The molecule has 1 aromatic carbocycles. The normalized spacial score (nSPS) is 18.0. The number of rotatable bonds is 7. The molecular formula is C24H23F2N5O4S. The van der Waals surface area contributed by atoms with Crippen LogP contribution in [0.15, 0.2) is 41.0 Å². The number of thiazole rings is 1. The number of piperidine rings is 1. The van der Waals surface area contributed by atoms with Crippen molar-refractivity contribution in [3.8, 4) is 11.9 Å². The maximum Gasteiger partial charge on any atom is 0.320 e. The van der Waals surface area contributed by atoms with Crippen molar-refractivity contribution in [3.63, 3.8) is 0 Å². The fourth-order valence-electron chi connectivity index (χ4n) is 4.21. The van der Waals surface area contributed by atoms with Crippen molar-refractivity contribution >= 4 is 23.0 Å². The highest BCUT2D eigenvalue weighted by atomic mass is 32.1. The largest absolute Gasteiger partial charge is 0.481 e. The Kier molecular flexibility index (Phi) is 7.03. The van der Waals surface area contributed by atoms with Crippen LogP contribution < -0.4 is 9.47 Å². The lowest BCUT2D eigenvalue weighted by molar-refractivity contribution is -0.134. The minimum atomic E-state index is -0.815. The number of likely N-dealkylation sites (tertiary alicyclic amines) is 1. The highest BCUT2D eigenvalue weighted by Crippen LogP contribution is 2.35. The third kappa shape index (κ3) is 5.13. The average Bonchev–Trinajstić information content (AvgIpc) is 3.58. The van der Waals surface area contributed by atoms with Gasteiger partial charge in [-0.25, -0.2) is 18.7 Å². The zero-order chi connectivity index (χ0) is 25.1. The summed E-state index contributed by atoms with van der Waals surface area (Å²) in [7, 11) is 1.49. The van der Waals surface area contributed by atoms with Gasteiger partial charge in [0.25, 0.3) is 5.91 Å². The molecule has 5 rings (SSSR count). The zero-order valence-electron chi connectivity index (χ0n) is 19.4. The van der Waals surface area contributed by atoms with Gasteiger partial charge in [-0.1, -0.05) is 11.2 Å². The summed E-state index contributed by atoms with van der Waals surface area (Å²) in [6.07, 6.45) is 2.46. The number of nitrogens with zero attached hydrogens (tertiary/aromatic N) is 5. The number of hydrogen-bond acceptors (Lipinski definition) is 9. The lowest BCUT2D eigenvalue weighted by Gasteiger charge is -2.31. The number of halogens is 2. The van der Waals surface area contributed by atoms with Gasteiger partial charge in [0.15, 0.2) is 12.7 Å². The Morgan fingerprint density at radius 3 is 2.72 bits per heavy atom. The molecule has 12 heteroatoms. The molecule has 0 radical (unpaired) electrons. The monoisotopic (exact) mass is 515 g/mol. The molecule has 188 valence electrons. The molecule has 2 aliphatic rings. The second-order valence-electron chi connectivity index (χ2n) is 8.37. The molecule has 36 heavy (non-hydrogen) atoms. The molecule has 4 heterocycles. The third-order valence-corrected chi connectivity index (χ3v) is 7.15. The van der Waals surface area contributed by atoms with Crippen LogP contribution in [0, 0.1) is 11.6 Å². The van der Waals surface area contributed by atoms with Crippen LogP contribution in [0.25, 0.3) is 0 Å². The Labute approximate surface area is 209 Å². The highest BCUT2D eigenvalue weighted by Gasteiger charge is 2.31. The minimum Gasteiger partial charge on any atom is -0.481 e. The van der Waals surface area contributed by atoms with Crippen LogP contribution in [-0.4, -0.2) is 58.3 Å². The molecule has 1 amide bonds. The summed E-state index contributed by atoms with van der Waals surface area (Å²) in [5, 5.41) is 6.87. The molecule has 1 saturated heterocycles. The van der Waals surface area contributed by atoms with Crippen LogP contribution in [0.2, 0.25) is 0 Å². The van der Waals surface area contributed by atoms with Gasteiger partial charge in [-0.05, 0) is 25.0 Å². The van der Waals surface area contributed by atoms with Gasteiger partial charge in [-0.3, -0.25) is 4.79 Å². The van der Waals surface area contributed by atoms with E-state index in [1.807, 2.05) is 5.38 Å². The lowest BCUT2D eigenvalue weighted by Crippen LogP contribution is -2.40. The van der Waals surface area contributed by atoms with Crippen molar-refractivity contribution in [3.05, 3.63) is 63.7 Å². The molecule has 2 aliphatic heterocycles. The standard InChI is InChI=1S/C24H23F2N5O4S/c1-33-20-5-8-27-24(29-20)34-12-21(32)31-9-6-14(7-10-31)23-28-18(13-36-23)17-11-19(35-30-17)22-15(25)3-2-4-16(22)26/h2-5,8,13-14,19H,6-7,9-12H2,1H3. The number of carbonyl (C=O) groups is 1. The molecule has 9 nitrogen and oxygen atoms in total. The van der Waals surface area contributed by atoms with Crippen LogP contribution in [0.4, 0.5) is 8.78 Å². The Hall–Kier alpha value is -3.67. The van der Waals surface area contributed by atoms with Gasteiger partial charge in [-0.15, -0.1) is 11.3 Å². The zero-order valence-corrected chi connectivity index (χ0v) is 20.2. The topological polar surface area (TPSA) is 99.0 Å². The van der Waals surface area contributed by atoms with Gasteiger partial charge in [0.1, 0.15) is 17.3 Å². The number of benzene rings is 1.